The normalized spacial score (nSPS) is 29.8. The molecule has 0 spiro atoms. The Labute approximate surface area is 197 Å². The third-order valence-corrected chi connectivity index (χ3v) is 7.66. The van der Waals surface area contributed by atoms with Crippen LogP contribution in [0.5, 0.6) is 5.88 Å². The average molecular weight is 457 g/mol. The lowest BCUT2D eigenvalue weighted by molar-refractivity contribution is 0.0415. The van der Waals surface area contributed by atoms with Crippen molar-refractivity contribution in [1.82, 2.24) is 19.9 Å². The molecule has 182 valence electrons. The monoisotopic (exact) mass is 456 g/mol. The molecule has 0 radical (unpaired) electrons. The minimum absolute atomic E-state index is 0.138. The van der Waals surface area contributed by atoms with Crippen LogP contribution in [0.1, 0.15) is 76.6 Å². The van der Waals surface area contributed by atoms with E-state index >= 15 is 0 Å². The van der Waals surface area contributed by atoms with Gasteiger partial charge in [0.25, 0.3) is 0 Å². The van der Waals surface area contributed by atoms with Crippen LogP contribution in [-0.2, 0) is 11.2 Å². The molecule has 1 N–H and O–H groups in total. The summed E-state index contributed by atoms with van der Waals surface area (Å²) in [6.45, 7) is 7.36. The van der Waals surface area contributed by atoms with Crippen LogP contribution in [0.2, 0.25) is 0 Å². The number of hydrogen-bond donors (Lipinski definition) is 1. The molecule has 33 heavy (non-hydrogen) atoms. The van der Waals surface area contributed by atoms with Gasteiger partial charge in [-0.15, -0.1) is 0 Å². The zero-order chi connectivity index (χ0) is 23.5. The van der Waals surface area contributed by atoms with E-state index in [9.17, 15) is 5.11 Å². The fourth-order valence-corrected chi connectivity index (χ4v) is 5.46. The molecule has 1 aliphatic carbocycles. The Bertz CT molecular complexity index is 919. The summed E-state index contributed by atoms with van der Waals surface area (Å²) in [4.78, 5) is 16.9. The summed E-state index contributed by atoms with van der Waals surface area (Å²) in [6.07, 6.45) is 10.2. The highest BCUT2D eigenvalue weighted by molar-refractivity contribution is 5.85. The van der Waals surface area contributed by atoms with Crippen molar-refractivity contribution >= 4 is 10.9 Å². The fourth-order valence-electron chi connectivity index (χ4n) is 5.46. The Morgan fingerprint density at radius 2 is 1.79 bits per heavy atom. The van der Waals surface area contributed by atoms with Crippen LogP contribution in [0, 0.1) is 5.92 Å². The largest absolute Gasteiger partial charge is 0.474 e. The highest BCUT2D eigenvalue weighted by Crippen LogP contribution is 2.38. The van der Waals surface area contributed by atoms with Gasteiger partial charge in [0.1, 0.15) is 11.9 Å². The number of likely N-dealkylation sites (tertiary alicyclic amines) is 1. The summed E-state index contributed by atoms with van der Waals surface area (Å²) >= 11 is 0. The first kappa shape index (κ1) is 24.3. The third-order valence-electron chi connectivity index (χ3n) is 7.66. The highest BCUT2D eigenvalue weighted by atomic mass is 16.5. The van der Waals surface area contributed by atoms with E-state index in [2.05, 4.69) is 37.7 Å². The van der Waals surface area contributed by atoms with Gasteiger partial charge in [0, 0.05) is 50.2 Å². The highest BCUT2D eigenvalue weighted by Gasteiger charge is 2.31. The van der Waals surface area contributed by atoms with E-state index in [4.69, 9.17) is 19.4 Å². The van der Waals surface area contributed by atoms with Gasteiger partial charge in [-0.3, -0.25) is 0 Å². The van der Waals surface area contributed by atoms with E-state index < -0.39 is 0 Å². The van der Waals surface area contributed by atoms with Crippen LogP contribution in [0.4, 0.5) is 0 Å². The molecule has 7 nitrogen and oxygen atoms in total. The lowest BCUT2D eigenvalue weighted by Crippen LogP contribution is -2.47. The number of hydrogen-bond acceptors (Lipinski definition) is 7. The number of aliphatic hydroxyl groups is 1. The van der Waals surface area contributed by atoms with Gasteiger partial charge in [-0.25, -0.2) is 15.0 Å². The molecule has 0 aromatic carbocycles. The Hall–Kier alpha value is -1.83. The predicted molar refractivity (Wildman–Crippen MR) is 130 cm³/mol. The summed E-state index contributed by atoms with van der Waals surface area (Å²) in [5.74, 6) is 2.19. The SMILES string of the molecule is COC[C@H](C)Cc1ncc2c(OC3C[C@@H](C)N(C)[C@H](C)C3)ncc(C3CCC(O)CC3)c2n1. The van der Waals surface area contributed by atoms with E-state index in [1.54, 1.807) is 7.11 Å². The average Bonchev–Trinajstić information content (AvgIpc) is 2.78. The maximum Gasteiger partial charge on any atom is 0.224 e. The Morgan fingerprint density at radius 1 is 1.09 bits per heavy atom. The van der Waals surface area contributed by atoms with Crippen LogP contribution < -0.4 is 4.74 Å². The zero-order valence-electron chi connectivity index (χ0n) is 20.8. The fraction of sp³-hybridized carbons (Fsp3) is 0.731. The Kier molecular flexibility index (Phi) is 7.82. The van der Waals surface area contributed by atoms with Crippen molar-refractivity contribution in [3.63, 3.8) is 0 Å². The van der Waals surface area contributed by atoms with Gasteiger partial charge in [0.15, 0.2) is 0 Å². The number of rotatable bonds is 7. The van der Waals surface area contributed by atoms with E-state index in [1.807, 2.05) is 12.4 Å². The van der Waals surface area contributed by atoms with E-state index in [1.165, 1.54) is 0 Å². The number of nitrogens with zero attached hydrogens (tertiary/aromatic N) is 4. The molecule has 0 bridgehead atoms. The van der Waals surface area contributed by atoms with Crippen molar-refractivity contribution in [3.8, 4) is 5.88 Å². The molecule has 7 heteroatoms. The van der Waals surface area contributed by atoms with Gasteiger partial charge in [-0.1, -0.05) is 6.92 Å². The van der Waals surface area contributed by atoms with Crippen molar-refractivity contribution in [2.45, 2.75) is 95.9 Å². The van der Waals surface area contributed by atoms with Crippen LogP contribution in [0.3, 0.4) is 0 Å². The zero-order valence-corrected chi connectivity index (χ0v) is 20.8. The molecular weight excluding hydrogens is 416 g/mol. The smallest absolute Gasteiger partial charge is 0.224 e. The Morgan fingerprint density at radius 3 is 2.45 bits per heavy atom. The van der Waals surface area contributed by atoms with Crippen LogP contribution >= 0.6 is 0 Å². The summed E-state index contributed by atoms with van der Waals surface area (Å²) in [6, 6.07) is 0.950. The minimum atomic E-state index is -0.184. The molecule has 4 rings (SSSR count). The number of piperidine rings is 1. The molecule has 2 fully saturated rings. The Balaban J connectivity index is 1.66. The van der Waals surface area contributed by atoms with Crippen LogP contribution in [-0.4, -0.2) is 70.0 Å². The molecule has 1 saturated carbocycles. The number of ether oxygens (including phenoxy) is 2. The first-order chi connectivity index (χ1) is 15.9. The summed E-state index contributed by atoms with van der Waals surface area (Å²) in [7, 11) is 3.92. The molecule has 2 aromatic heterocycles. The third kappa shape index (κ3) is 5.64. The maximum absolute atomic E-state index is 9.99. The second-order valence-electron chi connectivity index (χ2n) is 10.4. The summed E-state index contributed by atoms with van der Waals surface area (Å²) in [5, 5.41) is 10.9. The van der Waals surface area contributed by atoms with Crippen molar-refractivity contribution in [2.75, 3.05) is 20.8 Å². The molecule has 2 aliphatic rings. The quantitative estimate of drug-likeness (QED) is 0.671. The van der Waals surface area contributed by atoms with Crippen LogP contribution in [0.25, 0.3) is 10.9 Å². The van der Waals surface area contributed by atoms with Gasteiger partial charge < -0.3 is 19.5 Å². The lowest BCUT2D eigenvalue weighted by atomic mass is 9.82. The van der Waals surface area contributed by atoms with Crippen molar-refractivity contribution in [1.29, 1.82) is 0 Å². The van der Waals surface area contributed by atoms with Crippen LogP contribution in [0.15, 0.2) is 12.4 Å². The number of fused-ring (bicyclic) bond motifs is 1. The standard InChI is InChI=1S/C26H40N4O3/c1-16(15-32-5)10-24-27-14-23-25(29-24)22(19-6-8-20(31)9-7-19)13-28-26(23)33-21-11-17(2)30(4)18(3)12-21/h13-14,16-21,31H,6-12,15H2,1-5H3/t16-,17-,18-,19?,20?/m1/s1. The molecule has 1 aliphatic heterocycles. The summed E-state index contributed by atoms with van der Waals surface area (Å²) < 4.78 is 11.8. The first-order valence-electron chi connectivity index (χ1n) is 12.6. The van der Waals surface area contributed by atoms with Gasteiger partial charge >= 0.3 is 0 Å². The van der Waals surface area contributed by atoms with Crippen molar-refractivity contribution < 1.29 is 14.6 Å². The molecule has 2 aromatic rings. The number of aromatic nitrogens is 3. The van der Waals surface area contributed by atoms with Gasteiger partial charge in [0.05, 0.1) is 17.0 Å². The molecular formula is C26H40N4O3. The topological polar surface area (TPSA) is 80.6 Å². The van der Waals surface area contributed by atoms with Gasteiger partial charge in [-0.05, 0) is 71.3 Å². The maximum atomic E-state index is 9.99. The van der Waals surface area contributed by atoms with Crippen molar-refractivity contribution in [3.05, 3.63) is 23.8 Å². The molecule has 0 amide bonds. The predicted octanol–water partition coefficient (Wildman–Crippen LogP) is 4.12. The second-order valence-corrected chi connectivity index (χ2v) is 10.4. The van der Waals surface area contributed by atoms with Gasteiger partial charge in [-0.2, -0.15) is 0 Å². The van der Waals surface area contributed by atoms with E-state index in [-0.39, 0.29) is 12.2 Å². The number of methoxy groups -OCH3 is 1. The molecule has 3 heterocycles. The molecule has 3 atom stereocenters. The van der Waals surface area contributed by atoms with E-state index in [0.29, 0.717) is 36.4 Å². The molecule has 0 unspecified atom stereocenters. The minimum Gasteiger partial charge on any atom is -0.474 e. The van der Waals surface area contributed by atoms with Crippen molar-refractivity contribution in [2.24, 2.45) is 5.92 Å². The summed E-state index contributed by atoms with van der Waals surface area (Å²) in [5.41, 5.74) is 2.13. The number of pyridine rings is 1. The second kappa shape index (κ2) is 10.6. The number of aliphatic hydroxyl groups excluding tert-OH is 1. The van der Waals surface area contributed by atoms with Gasteiger partial charge in [0.2, 0.25) is 5.88 Å². The van der Waals surface area contributed by atoms with E-state index in [0.717, 1.165) is 67.2 Å². The lowest BCUT2D eigenvalue weighted by Gasteiger charge is -2.40. The molecule has 1 saturated heterocycles. The first-order valence-corrected chi connectivity index (χ1v) is 12.6.